The van der Waals surface area contributed by atoms with Gasteiger partial charge in [0.05, 0.1) is 12.8 Å². The first-order valence-corrected chi connectivity index (χ1v) is 6.17. The quantitative estimate of drug-likeness (QED) is 0.766. The van der Waals surface area contributed by atoms with Crippen molar-refractivity contribution in [3.05, 3.63) is 24.0 Å². The lowest BCUT2D eigenvalue weighted by Gasteiger charge is -2.22. The second-order valence-corrected chi connectivity index (χ2v) is 4.19. The molecule has 0 aromatic carbocycles. The molecule has 1 amide bonds. The Kier molecular flexibility index (Phi) is 3.96. The summed E-state index contributed by atoms with van der Waals surface area (Å²) >= 11 is 0. The summed E-state index contributed by atoms with van der Waals surface area (Å²) in [6.07, 6.45) is 4.07. The van der Waals surface area contributed by atoms with Crippen LogP contribution < -0.4 is 10.6 Å². The second kappa shape index (κ2) is 5.66. The topological polar surface area (TPSA) is 96.7 Å². The first-order chi connectivity index (χ1) is 9.17. The number of nitrogens with zero attached hydrogens (tertiary/aromatic N) is 4. The summed E-state index contributed by atoms with van der Waals surface area (Å²) in [5, 5.41) is 13.1. The summed E-state index contributed by atoms with van der Waals surface area (Å²) < 4.78 is 1.51. The van der Waals surface area contributed by atoms with E-state index in [1.807, 2.05) is 4.90 Å². The Labute approximate surface area is 110 Å². The van der Waals surface area contributed by atoms with Gasteiger partial charge in [-0.1, -0.05) is 6.92 Å². The van der Waals surface area contributed by atoms with Gasteiger partial charge >= 0.3 is 0 Å². The average Bonchev–Trinajstić information content (AvgIpc) is 2.81. The second-order valence-electron chi connectivity index (χ2n) is 4.19. The highest BCUT2D eigenvalue weighted by atomic mass is 16.3. The molecule has 0 saturated carbocycles. The third kappa shape index (κ3) is 2.65. The van der Waals surface area contributed by atoms with Crippen molar-refractivity contribution in [1.29, 1.82) is 0 Å². The van der Waals surface area contributed by atoms with Crippen molar-refractivity contribution >= 4 is 17.4 Å². The molecule has 0 bridgehead atoms. The highest BCUT2D eigenvalue weighted by Crippen LogP contribution is 2.15. The van der Waals surface area contributed by atoms with Crippen molar-refractivity contribution in [3.8, 4) is 0 Å². The maximum Gasteiger partial charge on any atom is 0.254 e. The van der Waals surface area contributed by atoms with E-state index in [-0.39, 0.29) is 6.61 Å². The number of nitrogens with two attached hydrogens (primary N) is 1. The predicted octanol–water partition coefficient (Wildman–Crippen LogP) is 0.0369. The Morgan fingerprint density at radius 3 is 2.95 bits per heavy atom. The SMILES string of the molecule is CCCN(CCO)c1ccn2ncc(C(N)=O)c2n1. The zero-order chi connectivity index (χ0) is 13.8. The van der Waals surface area contributed by atoms with Gasteiger partial charge in [-0.05, 0) is 12.5 Å². The summed E-state index contributed by atoms with van der Waals surface area (Å²) in [6.45, 7) is 3.38. The van der Waals surface area contributed by atoms with Gasteiger partial charge in [0.2, 0.25) is 0 Å². The Morgan fingerprint density at radius 2 is 2.32 bits per heavy atom. The van der Waals surface area contributed by atoms with Crippen LogP contribution in [0.4, 0.5) is 5.82 Å². The van der Waals surface area contributed by atoms with Crippen molar-refractivity contribution in [2.45, 2.75) is 13.3 Å². The van der Waals surface area contributed by atoms with Crippen LogP contribution in [0.25, 0.3) is 5.65 Å². The van der Waals surface area contributed by atoms with E-state index in [1.165, 1.54) is 10.7 Å². The monoisotopic (exact) mass is 263 g/mol. The molecule has 0 aliphatic heterocycles. The molecule has 0 aliphatic carbocycles. The van der Waals surface area contributed by atoms with E-state index in [9.17, 15) is 4.79 Å². The molecule has 0 atom stereocenters. The molecule has 102 valence electrons. The van der Waals surface area contributed by atoms with Crippen LogP contribution in [0.1, 0.15) is 23.7 Å². The number of rotatable bonds is 6. The predicted molar refractivity (Wildman–Crippen MR) is 71.1 cm³/mol. The number of hydrogen-bond acceptors (Lipinski definition) is 5. The summed E-state index contributed by atoms with van der Waals surface area (Å²) in [5.41, 5.74) is 6.01. The van der Waals surface area contributed by atoms with Gasteiger partial charge in [0.15, 0.2) is 5.65 Å². The van der Waals surface area contributed by atoms with Crippen LogP contribution in [-0.4, -0.2) is 45.3 Å². The maximum atomic E-state index is 11.3. The fraction of sp³-hybridized carbons (Fsp3) is 0.417. The number of primary amides is 1. The van der Waals surface area contributed by atoms with Gasteiger partial charge < -0.3 is 15.7 Å². The fourth-order valence-electron chi connectivity index (χ4n) is 1.94. The van der Waals surface area contributed by atoms with Crippen LogP contribution in [-0.2, 0) is 0 Å². The number of aromatic nitrogens is 3. The third-order valence-corrected chi connectivity index (χ3v) is 2.81. The standard InChI is InChI=1S/C12H17N5O2/c1-2-4-16(6-7-18)10-3-5-17-12(15-10)9(8-14-17)11(13)19/h3,5,8,18H,2,4,6-7H2,1H3,(H2,13,19). The van der Waals surface area contributed by atoms with E-state index in [0.717, 1.165) is 13.0 Å². The number of hydrogen-bond donors (Lipinski definition) is 2. The van der Waals surface area contributed by atoms with Gasteiger partial charge in [0.1, 0.15) is 11.4 Å². The largest absolute Gasteiger partial charge is 0.395 e. The molecule has 2 heterocycles. The van der Waals surface area contributed by atoms with E-state index in [1.54, 1.807) is 12.3 Å². The van der Waals surface area contributed by atoms with Gasteiger partial charge in [-0.25, -0.2) is 9.50 Å². The molecule has 0 saturated heterocycles. The maximum absolute atomic E-state index is 11.3. The summed E-state index contributed by atoms with van der Waals surface area (Å²) in [5.74, 6) is 0.148. The van der Waals surface area contributed by atoms with E-state index in [4.69, 9.17) is 10.8 Å². The van der Waals surface area contributed by atoms with Crippen molar-refractivity contribution < 1.29 is 9.90 Å². The van der Waals surface area contributed by atoms with Crippen LogP contribution >= 0.6 is 0 Å². The van der Waals surface area contributed by atoms with Crippen LogP contribution in [0.2, 0.25) is 0 Å². The third-order valence-electron chi connectivity index (χ3n) is 2.81. The Morgan fingerprint density at radius 1 is 1.53 bits per heavy atom. The van der Waals surface area contributed by atoms with Crippen LogP contribution in [0.3, 0.4) is 0 Å². The fourth-order valence-corrected chi connectivity index (χ4v) is 1.94. The lowest BCUT2D eigenvalue weighted by atomic mass is 10.3. The molecule has 19 heavy (non-hydrogen) atoms. The molecule has 0 fully saturated rings. The lowest BCUT2D eigenvalue weighted by molar-refractivity contribution is 0.100. The highest BCUT2D eigenvalue weighted by Gasteiger charge is 2.13. The Bertz CT molecular complexity index is 575. The minimum Gasteiger partial charge on any atom is -0.395 e. The number of carbonyl (C=O) groups excluding carboxylic acids is 1. The molecule has 2 rings (SSSR count). The molecule has 0 aliphatic rings. The molecule has 0 unspecified atom stereocenters. The van der Waals surface area contributed by atoms with E-state index >= 15 is 0 Å². The zero-order valence-corrected chi connectivity index (χ0v) is 10.8. The summed E-state index contributed by atoms with van der Waals surface area (Å²) in [4.78, 5) is 17.6. The smallest absolute Gasteiger partial charge is 0.254 e. The number of aliphatic hydroxyl groups is 1. The number of amides is 1. The van der Waals surface area contributed by atoms with E-state index in [0.29, 0.717) is 23.6 Å². The molecule has 7 nitrogen and oxygen atoms in total. The van der Waals surface area contributed by atoms with Crippen LogP contribution in [0, 0.1) is 0 Å². The molecular formula is C12H17N5O2. The molecule has 2 aromatic heterocycles. The van der Waals surface area contributed by atoms with Crippen molar-refractivity contribution in [1.82, 2.24) is 14.6 Å². The van der Waals surface area contributed by atoms with E-state index in [2.05, 4.69) is 17.0 Å². The Hall–Kier alpha value is -2.15. The summed E-state index contributed by atoms with van der Waals surface area (Å²) in [7, 11) is 0. The number of fused-ring (bicyclic) bond motifs is 1. The van der Waals surface area contributed by atoms with Gasteiger partial charge in [-0.15, -0.1) is 0 Å². The minimum absolute atomic E-state index is 0.0504. The van der Waals surface area contributed by atoms with Gasteiger partial charge in [0, 0.05) is 19.3 Å². The minimum atomic E-state index is -0.552. The number of anilines is 1. The summed E-state index contributed by atoms with van der Waals surface area (Å²) in [6, 6.07) is 1.80. The lowest BCUT2D eigenvalue weighted by Crippen LogP contribution is -2.28. The van der Waals surface area contributed by atoms with Crippen molar-refractivity contribution in [2.75, 3.05) is 24.6 Å². The first-order valence-electron chi connectivity index (χ1n) is 6.17. The normalized spacial score (nSPS) is 10.8. The highest BCUT2D eigenvalue weighted by molar-refractivity contribution is 5.98. The first kappa shape index (κ1) is 13.3. The molecular weight excluding hydrogens is 246 g/mol. The van der Waals surface area contributed by atoms with Crippen molar-refractivity contribution in [2.24, 2.45) is 5.73 Å². The molecule has 2 aromatic rings. The number of carbonyl (C=O) groups is 1. The zero-order valence-electron chi connectivity index (χ0n) is 10.8. The molecule has 7 heteroatoms. The average molecular weight is 263 g/mol. The van der Waals surface area contributed by atoms with Crippen molar-refractivity contribution in [3.63, 3.8) is 0 Å². The van der Waals surface area contributed by atoms with Gasteiger partial charge in [-0.3, -0.25) is 4.79 Å². The van der Waals surface area contributed by atoms with Crippen LogP contribution in [0.15, 0.2) is 18.5 Å². The van der Waals surface area contributed by atoms with Crippen LogP contribution in [0.5, 0.6) is 0 Å². The molecule has 0 radical (unpaired) electrons. The van der Waals surface area contributed by atoms with Gasteiger partial charge in [-0.2, -0.15) is 5.10 Å². The molecule has 0 spiro atoms. The molecule has 3 N–H and O–H groups in total. The van der Waals surface area contributed by atoms with E-state index < -0.39 is 5.91 Å². The van der Waals surface area contributed by atoms with Gasteiger partial charge in [0.25, 0.3) is 5.91 Å². The number of aliphatic hydroxyl groups excluding tert-OH is 1. The Balaban J connectivity index is 2.43.